The Balaban J connectivity index is 2.66. The third-order valence-corrected chi connectivity index (χ3v) is 1.27. The fourth-order valence-electron chi connectivity index (χ4n) is 0.836. The van der Waals surface area contributed by atoms with Crippen LogP contribution in [-0.2, 0) is 9.47 Å². The average molecular weight is 143 g/mol. The van der Waals surface area contributed by atoms with Gasteiger partial charge in [-0.05, 0) is 0 Å². The van der Waals surface area contributed by atoms with Crippen molar-refractivity contribution in [2.45, 2.75) is 20.3 Å². The molecular weight excluding hydrogens is 132 g/mol. The SMILES string of the molecule is [CH2]C1=C(C(C)C)OC(O)O1. The topological polar surface area (TPSA) is 38.7 Å². The molecule has 57 valence electrons. The summed E-state index contributed by atoms with van der Waals surface area (Å²) in [6, 6.07) is 0. The Kier molecular flexibility index (Phi) is 1.85. The summed E-state index contributed by atoms with van der Waals surface area (Å²) in [5, 5.41) is 8.79. The van der Waals surface area contributed by atoms with E-state index in [1.54, 1.807) is 0 Å². The molecule has 1 aliphatic rings. The molecule has 0 saturated carbocycles. The van der Waals surface area contributed by atoms with E-state index < -0.39 is 6.48 Å². The van der Waals surface area contributed by atoms with Crippen molar-refractivity contribution < 1.29 is 14.6 Å². The first-order valence-corrected chi connectivity index (χ1v) is 3.18. The van der Waals surface area contributed by atoms with Crippen molar-refractivity contribution >= 4 is 0 Å². The van der Waals surface area contributed by atoms with Crippen LogP contribution in [-0.4, -0.2) is 11.6 Å². The summed E-state index contributed by atoms with van der Waals surface area (Å²) in [4.78, 5) is 0. The molecule has 0 aromatic rings. The highest BCUT2D eigenvalue weighted by atomic mass is 16.8. The molecule has 1 unspecified atom stereocenters. The van der Waals surface area contributed by atoms with Crippen LogP contribution in [0.1, 0.15) is 13.8 Å². The van der Waals surface area contributed by atoms with Gasteiger partial charge in [-0.1, -0.05) is 13.8 Å². The Morgan fingerprint density at radius 1 is 1.50 bits per heavy atom. The van der Waals surface area contributed by atoms with Crippen molar-refractivity contribution in [1.82, 2.24) is 0 Å². The highest BCUT2D eigenvalue weighted by molar-refractivity contribution is 5.09. The Morgan fingerprint density at radius 3 is 2.30 bits per heavy atom. The zero-order chi connectivity index (χ0) is 7.72. The van der Waals surface area contributed by atoms with E-state index >= 15 is 0 Å². The van der Waals surface area contributed by atoms with Gasteiger partial charge in [-0.15, -0.1) is 0 Å². The minimum absolute atomic E-state index is 0.213. The molecule has 1 N–H and O–H groups in total. The number of aliphatic hydroxyl groups excluding tert-OH is 1. The first-order valence-electron chi connectivity index (χ1n) is 3.18. The van der Waals surface area contributed by atoms with Crippen LogP contribution in [0, 0.1) is 12.8 Å². The number of allylic oxidation sites excluding steroid dienone is 2. The molecule has 0 aromatic carbocycles. The summed E-state index contributed by atoms with van der Waals surface area (Å²) in [6.07, 6.45) is 0. The zero-order valence-corrected chi connectivity index (χ0v) is 6.13. The summed E-state index contributed by atoms with van der Waals surface area (Å²) < 4.78 is 9.62. The quantitative estimate of drug-likeness (QED) is 0.595. The molecule has 1 radical (unpaired) electrons. The second-order valence-electron chi connectivity index (χ2n) is 2.48. The molecule has 0 spiro atoms. The first-order chi connectivity index (χ1) is 4.61. The van der Waals surface area contributed by atoms with E-state index in [-0.39, 0.29) is 5.92 Å². The molecule has 0 aromatic heterocycles. The van der Waals surface area contributed by atoms with E-state index in [9.17, 15) is 0 Å². The molecule has 0 fully saturated rings. The zero-order valence-electron chi connectivity index (χ0n) is 6.13. The van der Waals surface area contributed by atoms with E-state index in [1.807, 2.05) is 13.8 Å². The third kappa shape index (κ3) is 1.24. The summed E-state index contributed by atoms with van der Waals surface area (Å²) >= 11 is 0. The maximum Gasteiger partial charge on any atom is 0.357 e. The fraction of sp³-hybridized carbons (Fsp3) is 0.571. The summed E-state index contributed by atoms with van der Waals surface area (Å²) in [7, 11) is 0. The maximum atomic E-state index is 8.79. The van der Waals surface area contributed by atoms with Crippen molar-refractivity contribution in [3.05, 3.63) is 18.4 Å². The molecule has 0 saturated heterocycles. The van der Waals surface area contributed by atoms with Gasteiger partial charge >= 0.3 is 6.48 Å². The smallest absolute Gasteiger partial charge is 0.357 e. The minimum atomic E-state index is -1.15. The Bertz CT molecular complexity index is 160. The van der Waals surface area contributed by atoms with Gasteiger partial charge in [-0.3, -0.25) is 0 Å². The lowest BCUT2D eigenvalue weighted by atomic mass is 10.1. The predicted octanol–water partition coefficient (Wildman–Crippen LogP) is 1.01. The van der Waals surface area contributed by atoms with Gasteiger partial charge in [0, 0.05) is 12.8 Å². The van der Waals surface area contributed by atoms with E-state index in [2.05, 4.69) is 6.92 Å². The van der Waals surface area contributed by atoms with Crippen molar-refractivity contribution in [2.24, 2.45) is 5.92 Å². The largest absolute Gasteiger partial charge is 0.433 e. The third-order valence-electron chi connectivity index (χ3n) is 1.27. The minimum Gasteiger partial charge on any atom is -0.433 e. The van der Waals surface area contributed by atoms with E-state index in [0.29, 0.717) is 11.5 Å². The highest BCUT2D eigenvalue weighted by Gasteiger charge is 2.23. The second-order valence-corrected chi connectivity index (χ2v) is 2.48. The van der Waals surface area contributed by atoms with Crippen LogP contribution in [0.2, 0.25) is 0 Å². The van der Waals surface area contributed by atoms with Crippen LogP contribution < -0.4 is 0 Å². The van der Waals surface area contributed by atoms with Crippen LogP contribution in [0.5, 0.6) is 0 Å². The monoisotopic (exact) mass is 143 g/mol. The molecule has 10 heavy (non-hydrogen) atoms. The van der Waals surface area contributed by atoms with Crippen LogP contribution in [0.3, 0.4) is 0 Å². The summed E-state index contributed by atoms with van der Waals surface area (Å²) in [6.45, 7) is 6.31. The molecule has 0 amide bonds. The normalized spacial score (nSPS) is 25.1. The van der Waals surface area contributed by atoms with Crippen LogP contribution in [0.4, 0.5) is 0 Å². The number of ether oxygens (including phenoxy) is 2. The molecule has 1 atom stereocenters. The lowest BCUT2D eigenvalue weighted by Gasteiger charge is -2.05. The predicted molar refractivity (Wildman–Crippen MR) is 35.4 cm³/mol. The van der Waals surface area contributed by atoms with Crippen molar-refractivity contribution in [3.8, 4) is 0 Å². The number of aliphatic hydroxyl groups is 1. The van der Waals surface area contributed by atoms with Crippen LogP contribution in [0.15, 0.2) is 11.5 Å². The highest BCUT2D eigenvalue weighted by Crippen LogP contribution is 2.25. The Labute approximate surface area is 60.3 Å². The van der Waals surface area contributed by atoms with Gasteiger partial charge in [0.2, 0.25) is 0 Å². The van der Waals surface area contributed by atoms with Gasteiger partial charge in [0.25, 0.3) is 0 Å². The number of hydrogen-bond donors (Lipinski definition) is 1. The molecule has 3 heteroatoms. The lowest BCUT2D eigenvalue weighted by molar-refractivity contribution is -0.193. The van der Waals surface area contributed by atoms with Crippen molar-refractivity contribution in [1.29, 1.82) is 0 Å². The molecular formula is C7H11O3. The maximum absolute atomic E-state index is 8.79. The van der Waals surface area contributed by atoms with Crippen LogP contribution in [0.25, 0.3) is 0 Å². The standard InChI is InChI=1S/C7H11O3/c1-4(2)6-5(3)9-7(8)10-6/h4,7-8H,3H2,1-2H3. The van der Waals surface area contributed by atoms with Gasteiger partial charge < -0.3 is 14.6 Å². The lowest BCUT2D eigenvalue weighted by Crippen LogP contribution is -2.07. The second kappa shape index (κ2) is 2.50. The van der Waals surface area contributed by atoms with Crippen molar-refractivity contribution in [3.63, 3.8) is 0 Å². The number of hydrogen-bond acceptors (Lipinski definition) is 3. The van der Waals surface area contributed by atoms with Gasteiger partial charge in [0.1, 0.15) is 11.5 Å². The van der Waals surface area contributed by atoms with Gasteiger partial charge in [0.15, 0.2) is 0 Å². The first kappa shape index (κ1) is 7.41. The summed E-state index contributed by atoms with van der Waals surface area (Å²) in [5.41, 5.74) is 0. The molecule has 0 aliphatic carbocycles. The Morgan fingerprint density at radius 2 is 2.10 bits per heavy atom. The van der Waals surface area contributed by atoms with Crippen molar-refractivity contribution in [2.75, 3.05) is 0 Å². The van der Waals surface area contributed by atoms with E-state index in [1.165, 1.54) is 0 Å². The van der Waals surface area contributed by atoms with E-state index in [0.717, 1.165) is 0 Å². The molecule has 0 bridgehead atoms. The fourth-order valence-corrected chi connectivity index (χ4v) is 0.836. The molecule has 1 aliphatic heterocycles. The van der Waals surface area contributed by atoms with Gasteiger partial charge in [0.05, 0.1) is 0 Å². The van der Waals surface area contributed by atoms with Crippen LogP contribution >= 0.6 is 0 Å². The van der Waals surface area contributed by atoms with Gasteiger partial charge in [-0.2, -0.15) is 0 Å². The molecule has 1 heterocycles. The average Bonchev–Trinajstić information content (AvgIpc) is 2.10. The van der Waals surface area contributed by atoms with Gasteiger partial charge in [-0.25, -0.2) is 0 Å². The molecule has 3 nitrogen and oxygen atoms in total. The summed E-state index contributed by atoms with van der Waals surface area (Å²) in [5.74, 6) is 1.28. The van der Waals surface area contributed by atoms with E-state index in [4.69, 9.17) is 14.6 Å². The Hall–Kier alpha value is -0.700. The molecule has 1 rings (SSSR count). The number of rotatable bonds is 1.